The number of benzene rings is 2. The topological polar surface area (TPSA) is 111 Å². The zero-order valence-corrected chi connectivity index (χ0v) is 25.0. The minimum absolute atomic E-state index is 0.00879. The van der Waals surface area contributed by atoms with Crippen LogP contribution in [0.15, 0.2) is 42.5 Å². The summed E-state index contributed by atoms with van der Waals surface area (Å²) in [6, 6.07) is 14.0. The molecule has 4 atom stereocenters. The lowest BCUT2D eigenvalue weighted by Gasteiger charge is -2.39. The quantitative estimate of drug-likeness (QED) is 0.137. The molecule has 0 saturated carbocycles. The van der Waals surface area contributed by atoms with E-state index in [9.17, 15) is 10.2 Å². The predicted octanol–water partition coefficient (Wildman–Crippen LogP) is 4.21. The Morgan fingerprint density at radius 3 is 2.34 bits per heavy atom. The molecule has 1 saturated heterocycles. The van der Waals surface area contributed by atoms with Crippen molar-refractivity contribution in [3.05, 3.63) is 59.2 Å². The van der Waals surface area contributed by atoms with E-state index in [0.717, 1.165) is 36.0 Å². The van der Waals surface area contributed by atoms with Crippen LogP contribution in [0, 0.1) is 0 Å². The third-order valence-corrected chi connectivity index (χ3v) is 7.25. The highest BCUT2D eigenvalue weighted by molar-refractivity contribution is 5.57. The summed E-state index contributed by atoms with van der Waals surface area (Å²) in [5.74, 6) is 0.204. The average Bonchev–Trinajstić information content (AvgIpc) is 2.99. The zero-order valence-electron chi connectivity index (χ0n) is 25.0. The fourth-order valence-corrected chi connectivity index (χ4v) is 5.06. The number of phenols is 1. The van der Waals surface area contributed by atoms with E-state index in [1.165, 1.54) is 0 Å². The van der Waals surface area contributed by atoms with Crippen molar-refractivity contribution in [3.8, 4) is 5.75 Å². The van der Waals surface area contributed by atoms with E-state index in [-0.39, 0.29) is 23.9 Å². The number of rotatable bonds is 20. The average molecular weight is 575 g/mol. The van der Waals surface area contributed by atoms with Crippen LogP contribution in [0.2, 0.25) is 0 Å². The number of hydrogen-bond acceptors (Lipinski definition) is 9. The Kier molecular flexibility index (Phi) is 15.5. The smallest absolute Gasteiger partial charge is 0.138 e. The first kappa shape index (κ1) is 33.3. The molecule has 1 heterocycles. The summed E-state index contributed by atoms with van der Waals surface area (Å²) in [7, 11) is 3.38. The summed E-state index contributed by atoms with van der Waals surface area (Å²) in [5.41, 5.74) is 3.91. The van der Waals surface area contributed by atoms with Crippen molar-refractivity contribution in [2.45, 2.75) is 70.1 Å². The highest BCUT2D eigenvalue weighted by Gasteiger charge is 2.36. The highest BCUT2D eigenvalue weighted by Crippen LogP contribution is 2.32. The summed E-state index contributed by atoms with van der Waals surface area (Å²) in [5, 5.41) is 27.4. The Morgan fingerprint density at radius 2 is 1.61 bits per heavy atom. The minimum atomic E-state index is -0.480. The molecule has 1 fully saturated rings. The van der Waals surface area contributed by atoms with Gasteiger partial charge in [-0.05, 0) is 48.1 Å². The number of methoxy groups -OCH3 is 2. The number of phenolic OH excluding ortho intramolecular Hbond substituents is 1. The molecular formula is C32H50N2O7. The van der Waals surface area contributed by atoms with Gasteiger partial charge in [-0.1, -0.05) is 43.7 Å². The Morgan fingerprint density at radius 1 is 0.902 bits per heavy atom. The van der Waals surface area contributed by atoms with Crippen LogP contribution in [0.25, 0.3) is 0 Å². The van der Waals surface area contributed by atoms with Gasteiger partial charge in [-0.2, -0.15) is 0 Å². The van der Waals surface area contributed by atoms with Crippen molar-refractivity contribution in [1.29, 1.82) is 0 Å². The van der Waals surface area contributed by atoms with Gasteiger partial charge in [-0.15, -0.1) is 0 Å². The molecule has 0 aliphatic carbocycles. The second-order valence-electron chi connectivity index (χ2n) is 10.6. The molecule has 1 aliphatic heterocycles. The lowest BCUT2D eigenvalue weighted by molar-refractivity contribution is -0.0783. The second kappa shape index (κ2) is 19.0. The molecule has 2 aromatic rings. The van der Waals surface area contributed by atoms with Crippen molar-refractivity contribution in [3.63, 3.8) is 0 Å². The molecule has 1 aliphatic rings. The van der Waals surface area contributed by atoms with E-state index in [0.29, 0.717) is 71.4 Å². The molecule has 0 spiro atoms. The summed E-state index contributed by atoms with van der Waals surface area (Å²) < 4.78 is 28.8. The lowest BCUT2D eigenvalue weighted by Crippen LogP contribution is -2.51. The Labute approximate surface area is 245 Å². The third-order valence-electron chi connectivity index (χ3n) is 7.25. The zero-order chi connectivity index (χ0) is 29.3. The first-order valence-corrected chi connectivity index (χ1v) is 14.9. The fraction of sp³-hybridized carbons (Fsp3) is 0.625. The van der Waals surface area contributed by atoms with E-state index in [4.69, 9.17) is 23.7 Å². The molecule has 0 radical (unpaired) electrons. The molecule has 0 bridgehead atoms. The van der Waals surface area contributed by atoms with Gasteiger partial charge in [0.1, 0.15) is 5.75 Å². The predicted molar refractivity (Wildman–Crippen MR) is 161 cm³/mol. The largest absolute Gasteiger partial charge is 0.506 e. The van der Waals surface area contributed by atoms with Gasteiger partial charge in [0.05, 0.1) is 43.8 Å². The SMILES string of the molecule is CCCC(O)CO[C@@H]1CNC[C@H](OCc2ccc(O)c(NCCCOC)c2)C1c1ccc(COCCCOC)cc1. The number of ether oxygens (including phenoxy) is 5. The van der Waals surface area contributed by atoms with Gasteiger partial charge in [-0.25, -0.2) is 0 Å². The molecule has 4 N–H and O–H groups in total. The molecule has 9 heteroatoms. The Hall–Kier alpha value is -2.24. The number of nitrogens with one attached hydrogen (secondary N) is 2. The first-order valence-electron chi connectivity index (χ1n) is 14.9. The third kappa shape index (κ3) is 11.5. The molecule has 41 heavy (non-hydrogen) atoms. The van der Waals surface area contributed by atoms with E-state index < -0.39 is 6.10 Å². The first-order chi connectivity index (χ1) is 20.0. The van der Waals surface area contributed by atoms with Gasteiger partial charge >= 0.3 is 0 Å². The molecule has 0 amide bonds. The maximum Gasteiger partial charge on any atom is 0.138 e. The minimum Gasteiger partial charge on any atom is -0.506 e. The number of piperidine rings is 1. The molecule has 2 aromatic carbocycles. The molecule has 9 nitrogen and oxygen atoms in total. The summed E-state index contributed by atoms with van der Waals surface area (Å²) in [4.78, 5) is 0. The van der Waals surface area contributed by atoms with Crippen LogP contribution >= 0.6 is 0 Å². The van der Waals surface area contributed by atoms with Crippen molar-refractivity contribution in [2.24, 2.45) is 0 Å². The van der Waals surface area contributed by atoms with Crippen molar-refractivity contribution in [1.82, 2.24) is 5.32 Å². The van der Waals surface area contributed by atoms with Gasteiger partial charge in [0, 0.05) is 59.6 Å². The van der Waals surface area contributed by atoms with Crippen LogP contribution in [-0.2, 0) is 36.9 Å². The van der Waals surface area contributed by atoms with Crippen LogP contribution in [0.1, 0.15) is 55.2 Å². The second-order valence-corrected chi connectivity index (χ2v) is 10.6. The van der Waals surface area contributed by atoms with E-state index in [1.54, 1.807) is 20.3 Å². The highest BCUT2D eigenvalue weighted by atomic mass is 16.5. The van der Waals surface area contributed by atoms with Gasteiger partial charge in [-0.3, -0.25) is 0 Å². The van der Waals surface area contributed by atoms with Gasteiger partial charge in [0.25, 0.3) is 0 Å². The number of aliphatic hydroxyl groups excluding tert-OH is 1. The Balaban J connectivity index is 1.69. The van der Waals surface area contributed by atoms with Crippen LogP contribution in [0.3, 0.4) is 0 Å². The summed E-state index contributed by atoms with van der Waals surface area (Å²) in [6.45, 7) is 7.41. The van der Waals surface area contributed by atoms with Crippen molar-refractivity contribution >= 4 is 5.69 Å². The maximum absolute atomic E-state index is 10.3. The van der Waals surface area contributed by atoms with Crippen LogP contribution in [0.5, 0.6) is 5.75 Å². The number of hydrogen-bond donors (Lipinski definition) is 4. The van der Waals surface area contributed by atoms with E-state index in [2.05, 4.69) is 41.8 Å². The number of aromatic hydroxyl groups is 1. The van der Waals surface area contributed by atoms with Crippen LogP contribution in [-0.4, -0.2) is 88.8 Å². The Bertz CT molecular complexity index is 975. The molecular weight excluding hydrogens is 524 g/mol. The molecule has 2 unspecified atom stereocenters. The number of anilines is 1. The molecule has 0 aromatic heterocycles. The van der Waals surface area contributed by atoms with Gasteiger partial charge in [0.2, 0.25) is 0 Å². The monoisotopic (exact) mass is 574 g/mol. The van der Waals surface area contributed by atoms with Crippen LogP contribution in [0.4, 0.5) is 5.69 Å². The maximum atomic E-state index is 10.3. The molecule has 230 valence electrons. The van der Waals surface area contributed by atoms with E-state index in [1.807, 2.05) is 12.1 Å². The number of aliphatic hydroxyl groups is 1. The fourth-order valence-electron chi connectivity index (χ4n) is 5.06. The lowest BCUT2D eigenvalue weighted by atomic mass is 9.85. The van der Waals surface area contributed by atoms with Crippen molar-refractivity contribution in [2.75, 3.05) is 65.6 Å². The van der Waals surface area contributed by atoms with Gasteiger partial charge in [0.15, 0.2) is 0 Å². The van der Waals surface area contributed by atoms with Crippen molar-refractivity contribution < 1.29 is 33.9 Å². The molecule has 3 rings (SSSR count). The normalized spacial score (nSPS) is 19.8. The summed E-state index contributed by atoms with van der Waals surface area (Å²) in [6.07, 6.45) is 2.58. The summed E-state index contributed by atoms with van der Waals surface area (Å²) >= 11 is 0. The van der Waals surface area contributed by atoms with Gasteiger partial charge < -0.3 is 44.5 Å². The van der Waals surface area contributed by atoms with Crippen LogP contribution < -0.4 is 10.6 Å². The van der Waals surface area contributed by atoms with E-state index >= 15 is 0 Å². The standard InChI is InChI=1S/C32H50N2O7/c1-4-7-27(35)23-41-31-20-33-19-30(32(31)26-11-8-24(9-12-26)21-39-17-6-16-38-3)40-22-25-10-13-29(36)28(18-25)34-14-5-15-37-2/h8-13,18,27,30-36H,4-7,14-17,19-23H2,1-3H3/t27?,30-,31+,32?/m0/s1.